The Labute approximate surface area is 204 Å². The number of nitrogens with zero attached hydrogens (tertiary/aromatic N) is 1. The Morgan fingerprint density at radius 3 is 2.06 bits per heavy atom. The van der Waals surface area contributed by atoms with Crippen molar-refractivity contribution in [3.05, 3.63) is 95.3 Å². The van der Waals surface area contributed by atoms with Crippen LogP contribution in [0.1, 0.15) is 41.4 Å². The molecule has 2 unspecified atom stereocenters. The summed E-state index contributed by atoms with van der Waals surface area (Å²) in [4.78, 5) is 25.1. The van der Waals surface area contributed by atoms with Crippen molar-refractivity contribution in [3.8, 4) is 0 Å². The number of rotatable bonds is 8. The summed E-state index contributed by atoms with van der Waals surface area (Å²) in [6, 6.07) is 17.7. The van der Waals surface area contributed by atoms with Gasteiger partial charge in [0.05, 0.1) is 22.2 Å². The zero-order valence-electron chi connectivity index (χ0n) is 19.9. The van der Waals surface area contributed by atoms with Gasteiger partial charge in [-0.1, -0.05) is 29.8 Å². The van der Waals surface area contributed by atoms with E-state index in [4.69, 9.17) is 4.74 Å². The molecule has 35 heavy (non-hydrogen) atoms. The molecule has 0 fully saturated rings. The minimum atomic E-state index is -3.77. The van der Waals surface area contributed by atoms with Gasteiger partial charge in [-0.25, -0.2) is 17.6 Å². The number of carbonyl (C=O) groups is 2. The Kier molecular flexibility index (Phi) is 7.91. The fourth-order valence-electron chi connectivity index (χ4n) is 3.26. The first kappa shape index (κ1) is 25.9. The van der Waals surface area contributed by atoms with Crippen LogP contribution in [0, 0.1) is 12.7 Å². The topological polar surface area (TPSA) is 92.8 Å². The van der Waals surface area contributed by atoms with Gasteiger partial charge in [0, 0.05) is 7.05 Å². The summed E-state index contributed by atoms with van der Waals surface area (Å²) in [6.45, 7) is 5.05. The molecule has 0 bridgehead atoms. The van der Waals surface area contributed by atoms with Crippen molar-refractivity contribution in [2.75, 3.05) is 11.4 Å². The average Bonchev–Trinajstić information content (AvgIpc) is 2.84. The van der Waals surface area contributed by atoms with E-state index in [1.165, 1.54) is 62.5 Å². The number of esters is 1. The second kappa shape index (κ2) is 10.7. The number of carbonyl (C=O) groups excluding carboxylic acids is 2. The van der Waals surface area contributed by atoms with Crippen molar-refractivity contribution in [2.45, 2.75) is 37.8 Å². The molecule has 0 heterocycles. The number of benzene rings is 3. The summed E-state index contributed by atoms with van der Waals surface area (Å²) in [5.41, 5.74) is 2.18. The normalized spacial score (nSPS) is 12.9. The molecule has 3 rings (SSSR count). The standard InChI is InChI=1S/C26H27FN2O5S/c1-17-5-15-24(16-6-17)35(32,33)29(4)23-13-9-21(10-14-23)26(31)34-19(3)25(30)28-18(2)20-7-11-22(27)12-8-20/h5-16,18-19H,1-4H3,(H,28,30). The third-order valence-electron chi connectivity index (χ3n) is 5.53. The molecular weight excluding hydrogens is 471 g/mol. The molecule has 0 aliphatic rings. The van der Waals surface area contributed by atoms with Crippen LogP contribution in [-0.4, -0.2) is 33.4 Å². The Bertz CT molecular complexity index is 1290. The highest BCUT2D eigenvalue weighted by atomic mass is 32.2. The van der Waals surface area contributed by atoms with Crippen LogP contribution in [0.2, 0.25) is 0 Å². The van der Waals surface area contributed by atoms with Crippen molar-refractivity contribution in [1.29, 1.82) is 0 Å². The number of nitrogens with one attached hydrogen (secondary N) is 1. The number of halogens is 1. The lowest BCUT2D eigenvalue weighted by Crippen LogP contribution is -2.37. The number of ether oxygens (including phenoxy) is 1. The first-order valence-corrected chi connectivity index (χ1v) is 12.4. The van der Waals surface area contributed by atoms with E-state index in [1.807, 2.05) is 6.92 Å². The van der Waals surface area contributed by atoms with Gasteiger partial charge in [0.2, 0.25) is 0 Å². The van der Waals surface area contributed by atoms with Crippen LogP contribution < -0.4 is 9.62 Å². The monoisotopic (exact) mass is 498 g/mol. The fraction of sp³-hybridized carbons (Fsp3) is 0.231. The second-order valence-corrected chi connectivity index (χ2v) is 10.1. The zero-order valence-corrected chi connectivity index (χ0v) is 20.7. The molecule has 1 N–H and O–H groups in total. The first-order valence-electron chi connectivity index (χ1n) is 10.9. The predicted molar refractivity (Wildman–Crippen MR) is 131 cm³/mol. The van der Waals surface area contributed by atoms with Crippen molar-refractivity contribution < 1.29 is 27.1 Å². The summed E-state index contributed by atoms with van der Waals surface area (Å²) in [6.07, 6.45) is -1.07. The van der Waals surface area contributed by atoms with Crippen LogP contribution in [0.15, 0.2) is 77.7 Å². The van der Waals surface area contributed by atoms with E-state index < -0.39 is 34.0 Å². The molecule has 2 atom stereocenters. The summed E-state index contributed by atoms with van der Waals surface area (Å²) >= 11 is 0. The van der Waals surface area contributed by atoms with Crippen LogP contribution in [0.4, 0.5) is 10.1 Å². The Balaban J connectivity index is 1.62. The molecule has 7 nitrogen and oxygen atoms in total. The lowest BCUT2D eigenvalue weighted by molar-refractivity contribution is -0.129. The molecular formula is C26H27FN2O5S. The quantitative estimate of drug-likeness (QED) is 0.465. The van der Waals surface area contributed by atoms with Crippen molar-refractivity contribution >= 4 is 27.6 Å². The zero-order chi connectivity index (χ0) is 25.8. The molecule has 1 amide bonds. The minimum Gasteiger partial charge on any atom is -0.449 e. The van der Waals surface area contributed by atoms with E-state index in [-0.39, 0.29) is 16.3 Å². The van der Waals surface area contributed by atoms with Crippen molar-refractivity contribution in [3.63, 3.8) is 0 Å². The molecule has 3 aromatic carbocycles. The molecule has 9 heteroatoms. The third kappa shape index (κ3) is 6.24. The van der Waals surface area contributed by atoms with Gasteiger partial charge in [-0.05, 0) is 74.9 Å². The molecule has 0 aliphatic carbocycles. The largest absolute Gasteiger partial charge is 0.449 e. The molecule has 0 spiro atoms. The van der Waals surface area contributed by atoms with Gasteiger partial charge in [0.15, 0.2) is 6.10 Å². The highest BCUT2D eigenvalue weighted by Gasteiger charge is 2.23. The highest BCUT2D eigenvalue weighted by Crippen LogP contribution is 2.23. The van der Waals surface area contributed by atoms with Gasteiger partial charge in [-0.2, -0.15) is 0 Å². The van der Waals surface area contributed by atoms with E-state index in [9.17, 15) is 22.4 Å². The summed E-state index contributed by atoms with van der Waals surface area (Å²) in [7, 11) is -2.34. The van der Waals surface area contributed by atoms with E-state index in [0.29, 0.717) is 11.3 Å². The Hall–Kier alpha value is -3.72. The third-order valence-corrected chi connectivity index (χ3v) is 7.33. The average molecular weight is 499 g/mol. The van der Waals surface area contributed by atoms with Gasteiger partial charge in [-0.3, -0.25) is 9.10 Å². The molecule has 0 radical (unpaired) electrons. The Morgan fingerprint density at radius 1 is 0.914 bits per heavy atom. The number of aryl methyl sites for hydroxylation is 1. The fourth-order valence-corrected chi connectivity index (χ4v) is 4.46. The number of hydrogen-bond acceptors (Lipinski definition) is 5. The van der Waals surface area contributed by atoms with Crippen LogP contribution in [-0.2, 0) is 19.6 Å². The smallest absolute Gasteiger partial charge is 0.338 e. The van der Waals surface area contributed by atoms with Crippen molar-refractivity contribution in [1.82, 2.24) is 5.32 Å². The lowest BCUT2D eigenvalue weighted by Gasteiger charge is -2.20. The second-order valence-electron chi connectivity index (χ2n) is 8.16. The van der Waals surface area contributed by atoms with E-state index in [2.05, 4.69) is 5.32 Å². The molecule has 0 saturated heterocycles. The molecule has 3 aromatic rings. The minimum absolute atomic E-state index is 0.156. The van der Waals surface area contributed by atoms with Gasteiger partial charge < -0.3 is 10.1 Å². The summed E-state index contributed by atoms with van der Waals surface area (Å²) in [5, 5.41) is 2.72. The summed E-state index contributed by atoms with van der Waals surface area (Å²) in [5.74, 6) is -1.60. The number of anilines is 1. The molecule has 184 valence electrons. The molecule has 0 aromatic heterocycles. The SMILES string of the molecule is Cc1ccc(S(=O)(=O)N(C)c2ccc(C(=O)OC(C)C(=O)NC(C)c3ccc(F)cc3)cc2)cc1. The van der Waals surface area contributed by atoms with Crippen LogP contribution >= 0.6 is 0 Å². The number of amides is 1. The maximum absolute atomic E-state index is 13.1. The van der Waals surface area contributed by atoms with Crippen LogP contribution in [0.25, 0.3) is 0 Å². The van der Waals surface area contributed by atoms with Crippen LogP contribution in [0.5, 0.6) is 0 Å². The Morgan fingerprint density at radius 2 is 1.49 bits per heavy atom. The summed E-state index contributed by atoms with van der Waals surface area (Å²) < 4.78 is 45.2. The van der Waals surface area contributed by atoms with Gasteiger partial charge in [0.1, 0.15) is 5.82 Å². The molecule has 0 aliphatic heterocycles. The highest BCUT2D eigenvalue weighted by molar-refractivity contribution is 7.92. The lowest BCUT2D eigenvalue weighted by atomic mass is 10.1. The van der Waals surface area contributed by atoms with Gasteiger partial charge >= 0.3 is 5.97 Å². The number of hydrogen-bond donors (Lipinski definition) is 1. The van der Waals surface area contributed by atoms with Gasteiger partial charge in [0.25, 0.3) is 15.9 Å². The maximum Gasteiger partial charge on any atom is 0.338 e. The van der Waals surface area contributed by atoms with Gasteiger partial charge in [-0.15, -0.1) is 0 Å². The van der Waals surface area contributed by atoms with E-state index in [0.717, 1.165) is 9.87 Å². The van der Waals surface area contributed by atoms with Crippen molar-refractivity contribution in [2.24, 2.45) is 0 Å². The van der Waals surface area contributed by atoms with Crippen LogP contribution in [0.3, 0.4) is 0 Å². The van der Waals surface area contributed by atoms with E-state index >= 15 is 0 Å². The predicted octanol–water partition coefficient (Wildman–Crippen LogP) is 4.38. The maximum atomic E-state index is 13.1. The molecule has 0 saturated carbocycles. The first-order chi connectivity index (χ1) is 16.5. The van der Waals surface area contributed by atoms with E-state index in [1.54, 1.807) is 31.2 Å². The number of sulfonamides is 1.